The van der Waals surface area contributed by atoms with Gasteiger partial charge in [-0.25, -0.2) is 0 Å². The lowest BCUT2D eigenvalue weighted by atomic mass is 10.0. The van der Waals surface area contributed by atoms with Crippen molar-refractivity contribution in [3.8, 4) is 0 Å². The van der Waals surface area contributed by atoms with Crippen molar-refractivity contribution in [2.45, 2.75) is 25.4 Å². The van der Waals surface area contributed by atoms with Crippen LogP contribution in [0.1, 0.15) is 18.4 Å². The number of nitrogens with two attached hydrogens (primary N) is 1. The zero-order valence-corrected chi connectivity index (χ0v) is 12.8. The van der Waals surface area contributed by atoms with Crippen LogP contribution in [0.15, 0.2) is 22.7 Å². The molecule has 1 aliphatic rings. The summed E-state index contributed by atoms with van der Waals surface area (Å²) >= 11 is 3.59. The van der Waals surface area contributed by atoms with Crippen molar-refractivity contribution in [1.29, 1.82) is 0 Å². The zero-order valence-electron chi connectivity index (χ0n) is 11.2. The van der Waals surface area contributed by atoms with E-state index in [9.17, 15) is 0 Å². The molecule has 0 aromatic heterocycles. The van der Waals surface area contributed by atoms with Gasteiger partial charge in [0.2, 0.25) is 0 Å². The molecule has 1 saturated heterocycles. The third kappa shape index (κ3) is 3.46. The van der Waals surface area contributed by atoms with E-state index in [1.807, 2.05) is 12.1 Å². The minimum absolute atomic E-state index is 0.700. The molecule has 0 aliphatic carbocycles. The Kier molecular flexibility index (Phi) is 4.65. The minimum Gasteiger partial charge on any atom is -0.399 e. The van der Waals surface area contributed by atoms with Crippen LogP contribution >= 0.6 is 15.9 Å². The summed E-state index contributed by atoms with van der Waals surface area (Å²) in [5, 5.41) is 0. The first-order chi connectivity index (χ1) is 8.56. The summed E-state index contributed by atoms with van der Waals surface area (Å²) in [4.78, 5) is 4.87. The van der Waals surface area contributed by atoms with Crippen LogP contribution in [0, 0.1) is 0 Å². The van der Waals surface area contributed by atoms with Crippen LogP contribution in [0.2, 0.25) is 0 Å². The first-order valence-corrected chi connectivity index (χ1v) is 7.28. The Balaban J connectivity index is 1.96. The van der Waals surface area contributed by atoms with Gasteiger partial charge in [0.1, 0.15) is 0 Å². The number of likely N-dealkylation sites (tertiary alicyclic amines) is 1. The van der Waals surface area contributed by atoms with E-state index in [0.717, 1.165) is 16.7 Å². The molecule has 1 aliphatic heterocycles. The molecule has 100 valence electrons. The van der Waals surface area contributed by atoms with Crippen LogP contribution in [0.25, 0.3) is 0 Å². The summed E-state index contributed by atoms with van der Waals surface area (Å²) in [5.74, 6) is 0. The number of anilines is 1. The molecule has 0 amide bonds. The van der Waals surface area contributed by atoms with Crippen LogP contribution < -0.4 is 5.73 Å². The Morgan fingerprint density at radius 2 is 2.06 bits per heavy atom. The first-order valence-electron chi connectivity index (χ1n) is 6.49. The van der Waals surface area contributed by atoms with Gasteiger partial charge in [-0.1, -0.05) is 22.0 Å². The fourth-order valence-corrected chi connectivity index (χ4v) is 3.05. The highest BCUT2D eigenvalue weighted by Crippen LogP contribution is 2.23. The van der Waals surface area contributed by atoms with E-state index in [1.54, 1.807) is 0 Å². The average molecular weight is 312 g/mol. The second-order valence-corrected chi connectivity index (χ2v) is 6.15. The second kappa shape index (κ2) is 6.04. The van der Waals surface area contributed by atoms with E-state index in [2.05, 4.69) is 45.9 Å². The Morgan fingerprint density at radius 3 is 2.67 bits per heavy atom. The topological polar surface area (TPSA) is 32.5 Å². The van der Waals surface area contributed by atoms with Crippen molar-refractivity contribution in [2.24, 2.45) is 0 Å². The number of piperidine rings is 1. The average Bonchev–Trinajstić information content (AvgIpc) is 2.33. The molecule has 0 unspecified atom stereocenters. The summed E-state index contributed by atoms with van der Waals surface area (Å²) in [5.41, 5.74) is 7.89. The predicted molar refractivity (Wildman–Crippen MR) is 80.5 cm³/mol. The van der Waals surface area contributed by atoms with Gasteiger partial charge >= 0.3 is 0 Å². The Labute approximate surface area is 118 Å². The monoisotopic (exact) mass is 311 g/mol. The van der Waals surface area contributed by atoms with Crippen molar-refractivity contribution in [2.75, 3.05) is 32.9 Å². The first kappa shape index (κ1) is 13.8. The Bertz CT molecular complexity index is 400. The maximum atomic E-state index is 5.77. The van der Waals surface area contributed by atoms with Crippen LogP contribution in [0.5, 0.6) is 0 Å². The van der Waals surface area contributed by atoms with Crippen molar-refractivity contribution >= 4 is 21.6 Å². The molecule has 1 aromatic rings. The van der Waals surface area contributed by atoms with E-state index in [0.29, 0.717) is 6.04 Å². The molecule has 0 spiro atoms. The smallest absolute Gasteiger partial charge is 0.0325 e. The molecule has 1 heterocycles. The SMILES string of the molecule is CN1CCC(N(C)Cc2ccc(N)cc2Br)CC1. The standard InChI is InChI=1S/C14H22BrN3/c1-17-7-5-13(6-8-17)18(2)10-11-3-4-12(16)9-14(11)15/h3-4,9,13H,5-8,10,16H2,1-2H3. The number of hydrogen-bond donors (Lipinski definition) is 1. The summed E-state index contributed by atoms with van der Waals surface area (Å²) in [6.45, 7) is 3.39. The summed E-state index contributed by atoms with van der Waals surface area (Å²) < 4.78 is 1.11. The maximum absolute atomic E-state index is 5.77. The largest absolute Gasteiger partial charge is 0.399 e. The van der Waals surface area contributed by atoms with E-state index in [1.165, 1.54) is 31.5 Å². The van der Waals surface area contributed by atoms with Gasteiger partial charge in [-0.3, -0.25) is 4.90 Å². The van der Waals surface area contributed by atoms with Gasteiger partial charge < -0.3 is 10.6 Å². The Morgan fingerprint density at radius 1 is 1.39 bits per heavy atom. The normalized spacial score (nSPS) is 18.4. The van der Waals surface area contributed by atoms with Crippen molar-refractivity contribution in [1.82, 2.24) is 9.80 Å². The van der Waals surface area contributed by atoms with Gasteiger partial charge in [0.05, 0.1) is 0 Å². The molecule has 4 heteroatoms. The summed E-state index contributed by atoms with van der Waals surface area (Å²) in [6.07, 6.45) is 2.53. The lowest BCUT2D eigenvalue weighted by Gasteiger charge is -2.35. The molecule has 18 heavy (non-hydrogen) atoms. The quantitative estimate of drug-likeness (QED) is 0.871. The second-order valence-electron chi connectivity index (χ2n) is 5.30. The van der Waals surface area contributed by atoms with E-state index in [4.69, 9.17) is 5.73 Å². The Hall–Kier alpha value is -0.580. The van der Waals surface area contributed by atoms with Crippen LogP contribution in [0.3, 0.4) is 0 Å². The molecule has 0 saturated carbocycles. The third-order valence-corrected chi connectivity index (χ3v) is 4.55. The van der Waals surface area contributed by atoms with Gasteiger partial charge in [-0.15, -0.1) is 0 Å². The molecule has 0 atom stereocenters. The van der Waals surface area contributed by atoms with Gasteiger partial charge in [0.25, 0.3) is 0 Å². The molecule has 1 aromatic carbocycles. The highest BCUT2D eigenvalue weighted by molar-refractivity contribution is 9.10. The molecule has 1 fully saturated rings. The molecule has 0 bridgehead atoms. The van der Waals surface area contributed by atoms with Crippen LogP contribution in [0.4, 0.5) is 5.69 Å². The number of rotatable bonds is 3. The number of hydrogen-bond acceptors (Lipinski definition) is 3. The third-order valence-electron chi connectivity index (χ3n) is 3.81. The molecular weight excluding hydrogens is 290 g/mol. The van der Waals surface area contributed by atoms with Crippen molar-refractivity contribution < 1.29 is 0 Å². The lowest BCUT2D eigenvalue weighted by Crippen LogP contribution is -2.41. The summed E-state index contributed by atoms with van der Waals surface area (Å²) in [6, 6.07) is 6.77. The predicted octanol–water partition coefficient (Wildman–Crippen LogP) is 2.56. The van der Waals surface area contributed by atoms with E-state index < -0.39 is 0 Å². The fourth-order valence-electron chi connectivity index (χ4n) is 2.53. The van der Waals surface area contributed by atoms with Gasteiger partial charge in [-0.2, -0.15) is 0 Å². The molecule has 2 N–H and O–H groups in total. The minimum atomic E-state index is 0.700. The molecule has 3 nitrogen and oxygen atoms in total. The maximum Gasteiger partial charge on any atom is 0.0325 e. The molecule has 2 rings (SSSR count). The van der Waals surface area contributed by atoms with Crippen molar-refractivity contribution in [3.05, 3.63) is 28.2 Å². The van der Waals surface area contributed by atoms with E-state index in [-0.39, 0.29) is 0 Å². The number of nitrogens with zero attached hydrogens (tertiary/aromatic N) is 2. The number of benzene rings is 1. The summed E-state index contributed by atoms with van der Waals surface area (Å²) in [7, 11) is 4.42. The highest BCUT2D eigenvalue weighted by atomic mass is 79.9. The number of halogens is 1. The van der Waals surface area contributed by atoms with Gasteiger partial charge in [0, 0.05) is 22.7 Å². The van der Waals surface area contributed by atoms with Crippen LogP contribution in [-0.4, -0.2) is 43.0 Å². The number of nitrogen functional groups attached to an aromatic ring is 1. The van der Waals surface area contributed by atoms with Crippen molar-refractivity contribution in [3.63, 3.8) is 0 Å². The molecular formula is C14H22BrN3. The van der Waals surface area contributed by atoms with E-state index >= 15 is 0 Å². The highest BCUT2D eigenvalue weighted by Gasteiger charge is 2.20. The van der Waals surface area contributed by atoms with Gasteiger partial charge in [-0.05, 0) is 57.7 Å². The van der Waals surface area contributed by atoms with Crippen LogP contribution in [-0.2, 0) is 6.54 Å². The zero-order chi connectivity index (χ0) is 13.1. The lowest BCUT2D eigenvalue weighted by molar-refractivity contribution is 0.139. The molecule has 0 radical (unpaired) electrons. The fraction of sp³-hybridized carbons (Fsp3) is 0.571. The van der Waals surface area contributed by atoms with Gasteiger partial charge in [0.15, 0.2) is 0 Å².